The van der Waals surface area contributed by atoms with Gasteiger partial charge in [0, 0.05) is 21.8 Å². The van der Waals surface area contributed by atoms with Gasteiger partial charge in [-0.1, -0.05) is 23.2 Å². The number of nitrogens with zero attached hydrogens (tertiary/aromatic N) is 2. The van der Waals surface area contributed by atoms with Crippen LogP contribution in [0.4, 0.5) is 11.5 Å². The first kappa shape index (κ1) is 14.1. The molecule has 1 aromatic carbocycles. The molecule has 0 saturated heterocycles. The normalized spacial score (nSPS) is 13.8. The van der Waals surface area contributed by atoms with Crippen LogP contribution in [-0.4, -0.2) is 22.1 Å². The summed E-state index contributed by atoms with van der Waals surface area (Å²) in [5.41, 5.74) is 0.743. The summed E-state index contributed by atoms with van der Waals surface area (Å²) in [4.78, 5) is 12.1. The van der Waals surface area contributed by atoms with Crippen LogP contribution in [0, 0.1) is 0 Å². The molecule has 0 aliphatic heterocycles. The highest BCUT2D eigenvalue weighted by Gasteiger charge is 2.21. The number of anilines is 2. The third-order valence-corrected chi connectivity index (χ3v) is 3.38. The van der Waals surface area contributed by atoms with Gasteiger partial charge in [-0.3, -0.25) is 4.79 Å². The highest BCUT2D eigenvalue weighted by molar-refractivity contribution is 6.35. The van der Waals surface area contributed by atoms with Crippen LogP contribution >= 0.6 is 23.2 Å². The molecule has 1 aliphatic carbocycles. The topological polar surface area (TPSA) is 66.9 Å². The average Bonchev–Trinajstić information content (AvgIpc) is 3.22. The van der Waals surface area contributed by atoms with E-state index in [2.05, 4.69) is 20.8 Å². The van der Waals surface area contributed by atoms with E-state index >= 15 is 0 Å². The molecule has 0 radical (unpaired) electrons. The van der Waals surface area contributed by atoms with Crippen LogP contribution in [-0.2, 0) is 0 Å². The molecular weight excluding hydrogens is 311 g/mol. The Morgan fingerprint density at radius 3 is 2.38 bits per heavy atom. The monoisotopic (exact) mass is 322 g/mol. The molecule has 5 nitrogen and oxygen atoms in total. The highest BCUT2D eigenvalue weighted by atomic mass is 35.5. The van der Waals surface area contributed by atoms with Crippen LogP contribution in [0.15, 0.2) is 30.3 Å². The highest BCUT2D eigenvalue weighted by Crippen LogP contribution is 2.24. The first-order valence-corrected chi connectivity index (χ1v) is 7.23. The molecule has 1 aliphatic rings. The maximum absolute atomic E-state index is 12.1. The Hall–Kier alpha value is -1.85. The Balaban J connectivity index is 1.69. The second kappa shape index (κ2) is 5.87. The Labute approximate surface area is 131 Å². The predicted octanol–water partition coefficient (Wildman–Crippen LogP) is 3.61. The molecule has 1 heterocycles. The molecule has 1 aromatic heterocycles. The summed E-state index contributed by atoms with van der Waals surface area (Å²) >= 11 is 11.8. The van der Waals surface area contributed by atoms with Gasteiger partial charge in [0.2, 0.25) is 0 Å². The number of hydrogen-bond donors (Lipinski definition) is 2. The van der Waals surface area contributed by atoms with Gasteiger partial charge in [0.1, 0.15) is 5.82 Å². The zero-order chi connectivity index (χ0) is 14.8. The van der Waals surface area contributed by atoms with E-state index in [0.717, 1.165) is 12.8 Å². The quantitative estimate of drug-likeness (QED) is 0.902. The maximum Gasteiger partial charge on any atom is 0.276 e. The van der Waals surface area contributed by atoms with Crippen molar-refractivity contribution in [2.45, 2.75) is 18.9 Å². The van der Waals surface area contributed by atoms with Crippen molar-refractivity contribution in [1.82, 2.24) is 10.2 Å². The number of amides is 1. The van der Waals surface area contributed by atoms with Crippen molar-refractivity contribution < 1.29 is 4.79 Å². The van der Waals surface area contributed by atoms with Crippen molar-refractivity contribution >= 4 is 40.6 Å². The molecule has 1 saturated carbocycles. The molecule has 1 amide bonds. The maximum atomic E-state index is 12.1. The van der Waals surface area contributed by atoms with E-state index in [0.29, 0.717) is 27.6 Å². The lowest BCUT2D eigenvalue weighted by Gasteiger charge is -2.06. The predicted molar refractivity (Wildman–Crippen MR) is 83.1 cm³/mol. The van der Waals surface area contributed by atoms with E-state index in [1.54, 1.807) is 30.3 Å². The van der Waals surface area contributed by atoms with Crippen molar-refractivity contribution in [1.29, 1.82) is 0 Å². The Morgan fingerprint density at radius 2 is 1.81 bits per heavy atom. The van der Waals surface area contributed by atoms with Gasteiger partial charge in [-0.25, -0.2) is 0 Å². The minimum absolute atomic E-state index is 0.229. The summed E-state index contributed by atoms with van der Waals surface area (Å²) in [6.45, 7) is 0. The molecule has 7 heteroatoms. The lowest BCUT2D eigenvalue weighted by molar-refractivity contribution is 0.102. The fourth-order valence-corrected chi connectivity index (χ4v) is 2.31. The van der Waals surface area contributed by atoms with Crippen molar-refractivity contribution in [2.75, 3.05) is 10.6 Å². The van der Waals surface area contributed by atoms with Gasteiger partial charge >= 0.3 is 0 Å². The van der Waals surface area contributed by atoms with E-state index in [-0.39, 0.29) is 11.6 Å². The van der Waals surface area contributed by atoms with Crippen LogP contribution in [0.25, 0.3) is 0 Å². The number of aromatic nitrogens is 2. The minimum Gasteiger partial charge on any atom is -0.366 e. The SMILES string of the molecule is O=C(Nc1cc(Cl)cc(Cl)c1)c1ccc(NC2CC2)nn1. The van der Waals surface area contributed by atoms with Crippen LogP contribution < -0.4 is 10.6 Å². The van der Waals surface area contributed by atoms with Crippen LogP contribution in [0.3, 0.4) is 0 Å². The van der Waals surface area contributed by atoms with E-state index in [1.165, 1.54) is 0 Å². The first-order chi connectivity index (χ1) is 10.1. The van der Waals surface area contributed by atoms with Gasteiger partial charge in [0.15, 0.2) is 5.69 Å². The lowest BCUT2D eigenvalue weighted by Crippen LogP contribution is -2.15. The van der Waals surface area contributed by atoms with Gasteiger partial charge in [-0.15, -0.1) is 10.2 Å². The second-order valence-corrected chi connectivity index (χ2v) is 5.71. The van der Waals surface area contributed by atoms with Crippen molar-refractivity contribution in [2.24, 2.45) is 0 Å². The Morgan fingerprint density at radius 1 is 1.10 bits per heavy atom. The third-order valence-electron chi connectivity index (χ3n) is 2.95. The summed E-state index contributed by atoms with van der Waals surface area (Å²) < 4.78 is 0. The number of halogens is 2. The van der Waals surface area contributed by atoms with Crippen LogP contribution in [0.5, 0.6) is 0 Å². The number of rotatable bonds is 4. The fourth-order valence-electron chi connectivity index (χ4n) is 1.79. The average molecular weight is 323 g/mol. The number of carbonyl (C=O) groups is 1. The molecule has 0 spiro atoms. The number of nitrogens with one attached hydrogen (secondary N) is 2. The molecule has 1 fully saturated rings. The van der Waals surface area contributed by atoms with Gasteiger partial charge in [0.25, 0.3) is 5.91 Å². The summed E-state index contributed by atoms with van der Waals surface area (Å²) in [5.74, 6) is 0.318. The van der Waals surface area contributed by atoms with Gasteiger partial charge in [-0.2, -0.15) is 0 Å². The summed E-state index contributed by atoms with van der Waals surface area (Å²) in [7, 11) is 0. The molecule has 108 valence electrons. The van der Waals surface area contributed by atoms with Crippen molar-refractivity contribution in [3.05, 3.63) is 46.1 Å². The standard InChI is InChI=1S/C14H12Cl2N4O/c15-8-5-9(16)7-11(6-8)18-14(21)12-3-4-13(20-19-12)17-10-1-2-10/h3-7,10H,1-2H2,(H,17,20)(H,18,21). The van der Waals surface area contributed by atoms with E-state index in [1.807, 2.05) is 0 Å². The summed E-state index contributed by atoms with van der Waals surface area (Å²) in [5, 5.41) is 14.7. The third kappa shape index (κ3) is 3.83. The molecule has 21 heavy (non-hydrogen) atoms. The number of hydrogen-bond acceptors (Lipinski definition) is 4. The largest absolute Gasteiger partial charge is 0.366 e. The van der Waals surface area contributed by atoms with Crippen molar-refractivity contribution in [3.8, 4) is 0 Å². The Kier molecular flexibility index (Phi) is 3.94. The Bertz CT molecular complexity index is 651. The molecular formula is C14H12Cl2N4O. The van der Waals surface area contributed by atoms with E-state index < -0.39 is 0 Å². The second-order valence-electron chi connectivity index (χ2n) is 4.83. The summed E-state index contributed by atoms with van der Waals surface area (Å²) in [6.07, 6.45) is 2.30. The molecule has 0 atom stereocenters. The number of carbonyl (C=O) groups excluding carboxylic acids is 1. The fraction of sp³-hybridized carbons (Fsp3) is 0.214. The molecule has 0 bridgehead atoms. The van der Waals surface area contributed by atoms with E-state index in [9.17, 15) is 4.79 Å². The van der Waals surface area contributed by atoms with Gasteiger partial charge in [0.05, 0.1) is 0 Å². The molecule has 3 rings (SSSR count). The van der Waals surface area contributed by atoms with E-state index in [4.69, 9.17) is 23.2 Å². The molecule has 0 unspecified atom stereocenters. The molecule has 2 N–H and O–H groups in total. The summed E-state index contributed by atoms with van der Waals surface area (Å²) in [6, 6.07) is 8.68. The van der Waals surface area contributed by atoms with Crippen LogP contribution in [0.1, 0.15) is 23.3 Å². The zero-order valence-corrected chi connectivity index (χ0v) is 12.4. The minimum atomic E-state index is -0.362. The van der Waals surface area contributed by atoms with Gasteiger partial charge in [-0.05, 0) is 43.2 Å². The zero-order valence-electron chi connectivity index (χ0n) is 10.9. The lowest BCUT2D eigenvalue weighted by atomic mass is 10.3. The molecule has 2 aromatic rings. The smallest absolute Gasteiger partial charge is 0.276 e. The first-order valence-electron chi connectivity index (χ1n) is 6.48. The number of benzene rings is 1. The van der Waals surface area contributed by atoms with Crippen LogP contribution in [0.2, 0.25) is 10.0 Å². The van der Waals surface area contributed by atoms with Gasteiger partial charge < -0.3 is 10.6 Å². The van der Waals surface area contributed by atoms with Crippen molar-refractivity contribution in [3.63, 3.8) is 0 Å².